The van der Waals surface area contributed by atoms with E-state index in [1.54, 1.807) is 0 Å². The molecule has 1 aromatic heterocycles. The Morgan fingerprint density at radius 3 is 2.74 bits per heavy atom. The van der Waals surface area contributed by atoms with Crippen molar-refractivity contribution in [3.63, 3.8) is 0 Å². The van der Waals surface area contributed by atoms with Crippen molar-refractivity contribution in [1.82, 2.24) is 15.2 Å². The first-order valence-corrected chi connectivity index (χ1v) is 6.89. The van der Waals surface area contributed by atoms with E-state index in [2.05, 4.69) is 10.3 Å². The molecule has 98 valence electrons. The number of hydrogen-bond acceptors (Lipinski definition) is 2. The third-order valence-electron chi connectivity index (χ3n) is 4.49. The van der Waals surface area contributed by atoms with Crippen molar-refractivity contribution >= 4 is 16.8 Å². The van der Waals surface area contributed by atoms with Crippen LogP contribution >= 0.6 is 0 Å². The maximum Gasteiger partial charge on any atom is 0.256 e. The number of para-hydroxylation sites is 1. The van der Waals surface area contributed by atoms with Gasteiger partial charge in [-0.3, -0.25) is 4.79 Å². The number of H-pyrrole nitrogens is 1. The lowest BCUT2D eigenvalue weighted by atomic mass is 10.0. The average Bonchev–Trinajstić information content (AvgIpc) is 3.11. The average molecular weight is 255 g/mol. The summed E-state index contributed by atoms with van der Waals surface area (Å²) in [7, 11) is 0. The summed E-state index contributed by atoms with van der Waals surface area (Å²) < 4.78 is 0. The molecule has 4 nitrogen and oxygen atoms in total. The maximum atomic E-state index is 12.7. The third-order valence-corrected chi connectivity index (χ3v) is 4.49. The van der Waals surface area contributed by atoms with Crippen LogP contribution in [0, 0.1) is 11.8 Å². The molecule has 0 bridgehead atoms. The van der Waals surface area contributed by atoms with E-state index in [9.17, 15) is 4.79 Å². The number of fused-ring (bicyclic) bond motifs is 2. The molecule has 2 aliphatic rings. The summed E-state index contributed by atoms with van der Waals surface area (Å²) in [4.78, 5) is 17.9. The van der Waals surface area contributed by atoms with E-state index < -0.39 is 0 Å². The molecule has 1 amide bonds. The zero-order valence-electron chi connectivity index (χ0n) is 10.7. The molecule has 2 N–H and O–H groups in total. The largest absolute Gasteiger partial charge is 0.361 e. The van der Waals surface area contributed by atoms with Gasteiger partial charge in [0, 0.05) is 37.8 Å². The first-order valence-electron chi connectivity index (χ1n) is 6.89. The predicted molar refractivity (Wildman–Crippen MR) is 74.1 cm³/mol. The number of rotatable bonds is 1. The van der Waals surface area contributed by atoms with Crippen LogP contribution in [0.3, 0.4) is 0 Å². The van der Waals surface area contributed by atoms with Crippen LogP contribution in [-0.4, -0.2) is 42.0 Å². The fraction of sp³-hybridized carbons (Fsp3) is 0.400. The minimum absolute atomic E-state index is 0.169. The van der Waals surface area contributed by atoms with Gasteiger partial charge in [-0.05, 0) is 24.0 Å². The molecule has 19 heavy (non-hydrogen) atoms. The quantitative estimate of drug-likeness (QED) is 0.810. The first kappa shape index (κ1) is 11.1. The van der Waals surface area contributed by atoms with Crippen LogP contribution in [-0.2, 0) is 0 Å². The number of likely N-dealkylation sites (tertiary alicyclic amines) is 1. The second-order valence-electron chi connectivity index (χ2n) is 5.64. The summed E-state index contributed by atoms with van der Waals surface area (Å²) in [5.41, 5.74) is 1.76. The third kappa shape index (κ3) is 1.67. The zero-order valence-corrected chi connectivity index (χ0v) is 10.7. The van der Waals surface area contributed by atoms with Gasteiger partial charge < -0.3 is 15.2 Å². The van der Waals surface area contributed by atoms with Gasteiger partial charge in [-0.15, -0.1) is 0 Å². The van der Waals surface area contributed by atoms with E-state index in [1.807, 2.05) is 35.4 Å². The Kier molecular flexibility index (Phi) is 2.38. The second kappa shape index (κ2) is 4.10. The summed E-state index contributed by atoms with van der Waals surface area (Å²) in [6.45, 7) is 3.91. The lowest BCUT2D eigenvalue weighted by molar-refractivity contribution is 0.0783. The molecule has 0 aliphatic carbocycles. The Hall–Kier alpha value is -1.81. The summed E-state index contributed by atoms with van der Waals surface area (Å²) in [5.74, 6) is 1.46. The minimum atomic E-state index is 0.169. The number of hydrogen-bond donors (Lipinski definition) is 2. The Morgan fingerprint density at radius 1 is 1.16 bits per heavy atom. The maximum absolute atomic E-state index is 12.7. The fourth-order valence-electron chi connectivity index (χ4n) is 3.45. The molecule has 2 atom stereocenters. The molecule has 1 aromatic carbocycles. The number of amides is 1. The highest BCUT2D eigenvalue weighted by Gasteiger charge is 2.38. The molecular formula is C15H17N3O. The van der Waals surface area contributed by atoms with E-state index >= 15 is 0 Å². The number of carbonyl (C=O) groups excluding carboxylic acids is 1. The Bertz CT molecular complexity index is 621. The molecule has 2 fully saturated rings. The van der Waals surface area contributed by atoms with Crippen molar-refractivity contribution in [2.45, 2.75) is 0 Å². The standard InChI is InChI=1S/C15H17N3O/c19-15(18-8-11-6-16-7-12(11)9-18)13-3-1-2-10-4-5-17-14(10)13/h1-5,11-12,16-17H,6-9H2. The molecule has 0 spiro atoms. The highest BCUT2D eigenvalue weighted by Crippen LogP contribution is 2.28. The molecule has 2 saturated heterocycles. The van der Waals surface area contributed by atoms with Crippen LogP contribution < -0.4 is 5.32 Å². The van der Waals surface area contributed by atoms with Crippen molar-refractivity contribution in [2.75, 3.05) is 26.2 Å². The van der Waals surface area contributed by atoms with Gasteiger partial charge in [0.05, 0.1) is 11.1 Å². The molecule has 0 saturated carbocycles. The van der Waals surface area contributed by atoms with E-state index in [-0.39, 0.29) is 5.91 Å². The zero-order chi connectivity index (χ0) is 12.8. The molecule has 3 heterocycles. The Morgan fingerprint density at radius 2 is 1.95 bits per heavy atom. The summed E-state index contributed by atoms with van der Waals surface area (Å²) in [5, 5.41) is 4.51. The van der Waals surface area contributed by atoms with Gasteiger partial charge in [-0.2, -0.15) is 0 Å². The predicted octanol–water partition coefficient (Wildman–Crippen LogP) is 1.46. The second-order valence-corrected chi connectivity index (χ2v) is 5.64. The Balaban J connectivity index is 1.65. The fourth-order valence-corrected chi connectivity index (χ4v) is 3.45. The van der Waals surface area contributed by atoms with Crippen LogP contribution in [0.4, 0.5) is 0 Å². The van der Waals surface area contributed by atoms with Crippen molar-refractivity contribution in [2.24, 2.45) is 11.8 Å². The molecule has 2 unspecified atom stereocenters. The molecule has 0 radical (unpaired) electrons. The van der Waals surface area contributed by atoms with Gasteiger partial charge in [-0.1, -0.05) is 12.1 Å². The van der Waals surface area contributed by atoms with E-state index in [1.165, 1.54) is 0 Å². The first-order chi connectivity index (χ1) is 9.33. The van der Waals surface area contributed by atoms with Gasteiger partial charge in [0.1, 0.15) is 0 Å². The highest BCUT2D eigenvalue weighted by molar-refractivity contribution is 6.05. The van der Waals surface area contributed by atoms with E-state index in [4.69, 9.17) is 0 Å². The van der Waals surface area contributed by atoms with Gasteiger partial charge >= 0.3 is 0 Å². The lowest BCUT2D eigenvalue weighted by Crippen LogP contribution is -2.32. The molecule has 4 rings (SSSR count). The van der Waals surface area contributed by atoms with Crippen molar-refractivity contribution in [3.05, 3.63) is 36.0 Å². The van der Waals surface area contributed by atoms with Crippen molar-refractivity contribution < 1.29 is 4.79 Å². The van der Waals surface area contributed by atoms with Gasteiger partial charge in [-0.25, -0.2) is 0 Å². The SMILES string of the molecule is O=C(c1cccc2cc[nH]c12)N1CC2CNCC2C1. The summed E-state index contributed by atoms with van der Waals surface area (Å²) >= 11 is 0. The highest BCUT2D eigenvalue weighted by atomic mass is 16.2. The number of aromatic amines is 1. The normalized spacial score (nSPS) is 26.0. The molecule has 2 aliphatic heterocycles. The van der Waals surface area contributed by atoms with Crippen LogP contribution in [0.25, 0.3) is 10.9 Å². The van der Waals surface area contributed by atoms with Crippen LogP contribution in [0.15, 0.2) is 30.5 Å². The minimum Gasteiger partial charge on any atom is -0.361 e. The number of aromatic nitrogens is 1. The topological polar surface area (TPSA) is 48.1 Å². The molecule has 2 aromatic rings. The summed E-state index contributed by atoms with van der Waals surface area (Å²) in [6, 6.07) is 7.93. The molecular weight excluding hydrogens is 238 g/mol. The smallest absolute Gasteiger partial charge is 0.256 e. The lowest BCUT2D eigenvalue weighted by Gasteiger charge is -2.18. The van der Waals surface area contributed by atoms with Crippen LogP contribution in [0.1, 0.15) is 10.4 Å². The molecule has 4 heteroatoms. The van der Waals surface area contributed by atoms with Crippen molar-refractivity contribution in [1.29, 1.82) is 0 Å². The van der Waals surface area contributed by atoms with Gasteiger partial charge in [0.15, 0.2) is 0 Å². The number of benzene rings is 1. The van der Waals surface area contributed by atoms with Crippen LogP contribution in [0.5, 0.6) is 0 Å². The van der Waals surface area contributed by atoms with Crippen LogP contribution in [0.2, 0.25) is 0 Å². The monoisotopic (exact) mass is 255 g/mol. The number of carbonyl (C=O) groups is 1. The van der Waals surface area contributed by atoms with Gasteiger partial charge in [0.2, 0.25) is 0 Å². The summed E-state index contributed by atoms with van der Waals surface area (Å²) in [6.07, 6.45) is 1.89. The van der Waals surface area contributed by atoms with E-state index in [0.717, 1.165) is 42.6 Å². The number of nitrogens with one attached hydrogen (secondary N) is 2. The van der Waals surface area contributed by atoms with E-state index in [0.29, 0.717) is 11.8 Å². The Labute approximate surface area is 111 Å². The van der Waals surface area contributed by atoms with Crippen molar-refractivity contribution in [3.8, 4) is 0 Å². The number of nitrogens with zero attached hydrogens (tertiary/aromatic N) is 1. The van der Waals surface area contributed by atoms with Gasteiger partial charge in [0.25, 0.3) is 5.91 Å².